The van der Waals surface area contributed by atoms with Gasteiger partial charge in [0.1, 0.15) is 5.01 Å². The summed E-state index contributed by atoms with van der Waals surface area (Å²) in [6, 6.07) is 7.90. The molecular formula is C17H18N4S. The largest absolute Gasteiger partial charge is 0.303 e. The first-order valence-corrected chi connectivity index (χ1v) is 8.75. The fourth-order valence-electron chi connectivity index (χ4n) is 4.25. The molecule has 112 valence electrons. The van der Waals surface area contributed by atoms with Gasteiger partial charge in [-0.15, -0.1) is 11.3 Å². The lowest BCUT2D eigenvalue weighted by Gasteiger charge is -2.29. The molecule has 0 N–H and O–H groups in total. The van der Waals surface area contributed by atoms with Crippen LogP contribution in [-0.4, -0.2) is 39.3 Å². The number of benzene rings is 1. The molecule has 22 heavy (non-hydrogen) atoms. The van der Waals surface area contributed by atoms with E-state index in [1.807, 2.05) is 17.8 Å². The van der Waals surface area contributed by atoms with Crippen molar-refractivity contribution < 1.29 is 0 Å². The smallest absolute Gasteiger partial charge is 0.123 e. The number of rotatable bonds is 2. The second kappa shape index (κ2) is 4.64. The Kier molecular flexibility index (Phi) is 2.69. The van der Waals surface area contributed by atoms with E-state index in [1.54, 1.807) is 11.3 Å². The maximum absolute atomic E-state index is 4.72. The minimum absolute atomic E-state index is 0.560. The van der Waals surface area contributed by atoms with Gasteiger partial charge in [0.2, 0.25) is 0 Å². The number of nitrogens with zero attached hydrogens (tertiary/aromatic N) is 4. The minimum Gasteiger partial charge on any atom is -0.303 e. The van der Waals surface area contributed by atoms with Crippen molar-refractivity contribution in [1.29, 1.82) is 0 Å². The number of hydrogen-bond acceptors (Lipinski definition) is 4. The summed E-state index contributed by atoms with van der Waals surface area (Å²) in [7, 11) is 2.25. The van der Waals surface area contributed by atoms with Crippen LogP contribution in [0.3, 0.4) is 0 Å². The fraction of sp³-hybridized carbons (Fsp3) is 0.412. The number of thiazole rings is 1. The zero-order valence-corrected chi connectivity index (χ0v) is 13.3. The molecule has 1 saturated carbocycles. The normalized spacial score (nSPS) is 28.0. The zero-order chi connectivity index (χ0) is 14.7. The number of hydrogen-bond donors (Lipinski definition) is 0. The van der Waals surface area contributed by atoms with Crippen molar-refractivity contribution in [2.75, 3.05) is 13.6 Å². The molecule has 2 fully saturated rings. The standard InChI is InChI=1S/C17H18N4S/c1-20-10-13-6-14(20)8-16(13)21-15-7-11(17-18-4-5-22-17)2-3-12(15)9-19-21/h2-5,7,9,13-14,16H,6,8,10H2,1H3. The average molecular weight is 310 g/mol. The van der Waals surface area contributed by atoms with Gasteiger partial charge in [0.05, 0.1) is 17.8 Å². The van der Waals surface area contributed by atoms with Crippen LogP contribution in [0.4, 0.5) is 0 Å². The van der Waals surface area contributed by atoms with Crippen LogP contribution in [0.15, 0.2) is 36.0 Å². The maximum Gasteiger partial charge on any atom is 0.123 e. The van der Waals surface area contributed by atoms with Gasteiger partial charge in [0.25, 0.3) is 0 Å². The minimum atomic E-state index is 0.560. The first kappa shape index (κ1) is 12.8. The van der Waals surface area contributed by atoms with Gasteiger partial charge in [-0.05, 0) is 31.9 Å². The summed E-state index contributed by atoms with van der Waals surface area (Å²) < 4.78 is 2.28. The molecule has 3 aromatic rings. The Labute approximate surface area is 133 Å². The molecule has 0 spiro atoms. The molecule has 1 aliphatic heterocycles. The van der Waals surface area contributed by atoms with E-state index in [4.69, 9.17) is 5.10 Å². The molecule has 5 heteroatoms. The molecule has 3 heterocycles. The third-order valence-corrected chi connectivity index (χ3v) is 6.19. The first-order chi connectivity index (χ1) is 10.8. The lowest BCUT2D eigenvalue weighted by atomic mass is 10.0. The van der Waals surface area contributed by atoms with Gasteiger partial charge >= 0.3 is 0 Å². The molecule has 4 nitrogen and oxygen atoms in total. The SMILES string of the molecule is CN1CC2CC1CC2n1ncc2ccc(-c3nccs3)cc21. The second-order valence-corrected chi connectivity index (χ2v) is 7.49. The van der Waals surface area contributed by atoms with Crippen LogP contribution < -0.4 is 0 Å². The lowest BCUT2D eigenvalue weighted by molar-refractivity contribution is 0.205. The summed E-state index contributed by atoms with van der Waals surface area (Å²) in [6.45, 7) is 1.21. The highest BCUT2D eigenvalue weighted by atomic mass is 32.1. The van der Waals surface area contributed by atoms with Crippen molar-refractivity contribution in [3.8, 4) is 10.6 Å². The molecule has 3 unspecified atom stereocenters. The van der Waals surface area contributed by atoms with Crippen molar-refractivity contribution in [2.45, 2.75) is 24.9 Å². The van der Waals surface area contributed by atoms with E-state index in [0.29, 0.717) is 6.04 Å². The van der Waals surface area contributed by atoms with Crippen LogP contribution >= 0.6 is 11.3 Å². The van der Waals surface area contributed by atoms with Gasteiger partial charge in [-0.25, -0.2) is 4.98 Å². The van der Waals surface area contributed by atoms with E-state index in [-0.39, 0.29) is 0 Å². The molecule has 2 aliphatic rings. The lowest BCUT2D eigenvalue weighted by Crippen LogP contribution is -2.33. The van der Waals surface area contributed by atoms with Crippen LogP contribution in [0.2, 0.25) is 0 Å². The summed E-state index contributed by atoms with van der Waals surface area (Å²) >= 11 is 1.69. The van der Waals surface area contributed by atoms with Crippen LogP contribution in [0.1, 0.15) is 18.9 Å². The number of piperidine rings is 1. The Hall–Kier alpha value is -1.72. The summed E-state index contributed by atoms with van der Waals surface area (Å²) in [5.41, 5.74) is 2.46. The zero-order valence-electron chi connectivity index (χ0n) is 12.5. The van der Waals surface area contributed by atoms with Crippen LogP contribution in [0, 0.1) is 5.92 Å². The van der Waals surface area contributed by atoms with Gasteiger partial charge in [-0.3, -0.25) is 4.68 Å². The Morgan fingerprint density at radius 3 is 2.95 bits per heavy atom. The van der Waals surface area contributed by atoms with Gasteiger partial charge in [0, 0.05) is 35.1 Å². The van der Waals surface area contributed by atoms with E-state index < -0.39 is 0 Å². The van der Waals surface area contributed by atoms with E-state index in [0.717, 1.165) is 17.0 Å². The Balaban J connectivity index is 1.59. The number of aromatic nitrogens is 3. The molecule has 2 bridgehead atoms. The van der Waals surface area contributed by atoms with E-state index in [9.17, 15) is 0 Å². The predicted molar refractivity (Wildman–Crippen MR) is 89.0 cm³/mol. The van der Waals surface area contributed by atoms with Crippen LogP contribution in [0.25, 0.3) is 21.5 Å². The Morgan fingerprint density at radius 2 is 2.23 bits per heavy atom. The number of likely N-dealkylation sites (tertiary alicyclic amines) is 1. The van der Waals surface area contributed by atoms with Crippen molar-refractivity contribution in [1.82, 2.24) is 19.7 Å². The third-order valence-electron chi connectivity index (χ3n) is 5.37. The van der Waals surface area contributed by atoms with Crippen LogP contribution in [-0.2, 0) is 0 Å². The topological polar surface area (TPSA) is 34.0 Å². The van der Waals surface area contributed by atoms with Gasteiger partial charge in [0.15, 0.2) is 0 Å². The van der Waals surface area contributed by atoms with Crippen molar-refractivity contribution in [2.24, 2.45) is 5.92 Å². The Morgan fingerprint density at radius 1 is 1.27 bits per heavy atom. The quantitative estimate of drug-likeness (QED) is 0.727. The second-order valence-electron chi connectivity index (χ2n) is 6.59. The summed E-state index contributed by atoms with van der Waals surface area (Å²) in [5.74, 6) is 0.751. The van der Waals surface area contributed by atoms with Gasteiger partial charge in [-0.2, -0.15) is 5.10 Å². The molecule has 0 amide bonds. The molecular weight excluding hydrogens is 292 g/mol. The predicted octanol–water partition coefficient (Wildman–Crippen LogP) is 3.42. The molecule has 1 aromatic carbocycles. The highest BCUT2D eigenvalue weighted by molar-refractivity contribution is 7.13. The van der Waals surface area contributed by atoms with Crippen LogP contribution in [0.5, 0.6) is 0 Å². The molecule has 1 saturated heterocycles. The Bertz CT molecular complexity index is 820. The molecule has 5 rings (SSSR count). The first-order valence-electron chi connectivity index (χ1n) is 7.87. The highest BCUT2D eigenvalue weighted by Crippen LogP contribution is 2.45. The number of fused-ring (bicyclic) bond motifs is 3. The van der Waals surface area contributed by atoms with E-state index >= 15 is 0 Å². The van der Waals surface area contributed by atoms with E-state index in [2.05, 4.69) is 39.8 Å². The fourth-order valence-corrected chi connectivity index (χ4v) is 4.89. The molecule has 0 radical (unpaired) electrons. The van der Waals surface area contributed by atoms with Gasteiger partial charge in [-0.1, -0.05) is 12.1 Å². The van der Waals surface area contributed by atoms with Gasteiger partial charge < -0.3 is 4.90 Å². The van der Waals surface area contributed by atoms with E-state index in [1.165, 1.54) is 35.9 Å². The van der Waals surface area contributed by atoms with Crippen molar-refractivity contribution >= 4 is 22.2 Å². The maximum atomic E-state index is 4.72. The third kappa shape index (κ3) is 1.79. The summed E-state index contributed by atoms with van der Waals surface area (Å²) in [5, 5.41) is 9.07. The summed E-state index contributed by atoms with van der Waals surface area (Å²) in [6.07, 6.45) is 6.44. The molecule has 3 atom stereocenters. The molecule has 1 aliphatic carbocycles. The average Bonchev–Trinajstić information content (AvgIpc) is 3.29. The summed E-state index contributed by atoms with van der Waals surface area (Å²) in [4.78, 5) is 6.94. The van der Waals surface area contributed by atoms with Crippen molar-refractivity contribution in [3.63, 3.8) is 0 Å². The van der Waals surface area contributed by atoms with Crippen molar-refractivity contribution in [3.05, 3.63) is 36.0 Å². The highest BCUT2D eigenvalue weighted by Gasteiger charge is 2.44. The monoisotopic (exact) mass is 310 g/mol. The molecule has 2 aromatic heterocycles.